The van der Waals surface area contributed by atoms with Gasteiger partial charge in [-0.1, -0.05) is 0 Å². The lowest BCUT2D eigenvalue weighted by molar-refractivity contribution is 0.976. The number of rotatable bonds is 1. The van der Waals surface area contributed by atoms with Crippen molar-refractivity contribution < 1.29 is 0 Å². The van der Waals surface area contributed by atoms with E-state index in [1.807, 2.05) is 6.26 Å². The zero-order valence-corrected chi connectivity index (χ0v) is 4.77. The number of thioether (sulfide) groups is 1. The second kappa shape index (κ2) is 2.02. The number of allylic oxidation sites excluding steroid dienone is 1. The van der Waals surface area contributed by atoms with Gasteiger partial charge in [0.1, 0.15) is 0 Å². The zero-order chi connectivity index (χ0) is 5.11. The third-order valence-electron chi connectivity index (χ3n) is 0.672. The van der Waals surface area contributed by atoms with Crippen molar-refractivity contribution in [3.63, 3.8) is 0 Å². The van der Waals surface area contributed by atoms with E-state index < -0.39 is 0 Å². The molecule has 0 aromatic heterocycles. The van der Waals surface area contributed by atoms with E-state index >= 15 is 0 Å². The molecule has 0 amide bonds. The van der Waals surface area contributed by atoms with E-state index in [1.165, 1.54) is 0 Å². The first-order valence-electron chi connectivity index (χ1n) is 1.91. The number of hydrogen-bond acceptors (Lipinski definition) is 2. The molecule has 1 rings (SSSR count). The van der Waals surface area contributed by atoms with Crippen LogP contribution in [0.3, 0.4) is 0 Å². The minimum absolute atomic E-state index is 1.13. The lowest BCUT2D eigenvalue weighted by Crippen LogP contribution is -1.70. The molecule has 2 nitrogen and oxygen atoms in total. The Morgan fingerprint density at radius 2 is 2.57 bits per heavy atom. The molecular formula is C4H5N2S. The van der Waals surface area contributed by atoms with Crippen LogP contribution in [0.15, 0.2) is 16.2 Å². The molecule has 0 aromatic carbocycles. The lowest BCUT2D eigenvalue weighted by Gasteiger charge is -1.79. The fourth-order valence-electron chi connectivity index (χ4n) is 0.319. The molecule has 37 valence electrons. The van der Waals surface area contributed by atoms with Crippen molar-refractivity contribution in [2.45, 2.75) is 0 Å². The molecule has 0 atom stereocenters. The van der Waals surface area contributed by atoms with Gasteiger partial charge < -0.3 is 0 Å². The summed E-state index contributed by atoms with van der Waals surface area (Å²) < 4.78 is 0. The Hall–Kier alpha value is -0.440. The highest BCUT2D eigenvalue weighted by Crippen LogP contribution is 2.09. The van der Waals surface area contributed by atoms with Gasteiger partial charge in [-0.2, -0.15) is 10.5 Å². The van der Waals surface area contributed by atoms with Crippen molar-refractivity contribution >= 4 is 18.0 Å². The van der Waals surface area contributed by atoms with E-state index in [-0.39, 0.29) is 0 Å². The van der Waals surface area contributed by atoms with Gasteiger partial charge in [0, 0.05) is 4.91 Å². The Kier molecular flexibility index (Phi) is 1.36. The van der Waals surface area contributed by atoms with Crippen LogP contribution in [0.25, 0.3) is 0 Å². The topological polar surface area (TPSA) is 26.5 Å². The van der Waals surface area contributed by atoms with Crippen molar-refractivity contribution in [3.8, 4) is 0 Å². The molecule has 7 heavy (non-hydrogen) atoms. The molecule has 0 bridgehead atoms. The van der Waals surface area contributed by atoms with Gasteiger partial charge in [-0.05, 0) is 6.26 Å². The predicted molar refractivity (Wildman–Crippen MR) is 32.2 cm³/mol. The first kappa shape index (κ1) is 4.71. The van der Waals surface area contributed by atoms with Crippen LogP contribution in [-0.2, 0) is 0 Å². The summed E-state index contributed by atoms with van der Waals surface area (Å²) in [5.74, 6) is 0. The van der Waals surface area contributed by atoms with Crippen LogP contribution in [0, 0.1) is 0 Å². The highest BCUT2D eigenvalue weighted by atomic mass is 32.2. The van der Waals surface area contributed by atoms with Gasteiger partial charge in [-0.25, -0.2) is 0 Å². The number of hydrogen-bond donors (Lipinski definition) is 0. The minimum atomic E-state index is 1.13. The first-order chi connectivity index (χ1) is 3.43. The maximum atomic E-state index is 3.62. The Bertz CT molecular complexity index is 117. The van der Waals surface area contributed by atoms with E-state index in [2.05, 4.69) is 10.5 Å². The van der Waals surface area contributed by atoms with E-state index in [0.29, 0.717) is 0 Å². The predicted octanol–water partition coefficient (Wildman–Crippen LogP) is 0.795. The molecule has 1 radical (unpaired) electrons. The Balaban J connectivity index is 2.52. The SMILES string of the molecule is CSC1=C[N]N=C1. The van der Waals surface area contributed by atoms with Gasteiger partial charge in [0.2, 0.25) is 0 Å². The van der Waals surface area contributed by atoms with Gasteiger partial charge in [0.25, 0.3) is 0 Å². The summed E-state index contributed by atoms with van der Waals surface area (Å²) >= 11 is 1.65. The van der Waals surface area contributed by atoms with Gasteiger partial charge in [-0.3, -0.25) is 0 Å². The third-order valence-corrected chi connectivity index (χ3v) is 1.35. The molecule has 0 aromatic rings. The van der Waals surface area contributed by atoms with Crippen molar-refractivity contribution in [1.29, 1.82) is 0 Å². The second-order valence-electron chi connectivity index (χ2n) is 1.10. The van der Waals surface area contributed by atoms with Gasteiger partial charge in [0.05, 0.1) is 12.4 Å². The van der Waals surface area contributed by atoms with Gasteiger partial charge >= 0.3 is 0 Å². The largest absolute Gasteiger partial charge is 0.158 e. The Morgan fingerprint density at radius 3 is 2.86 bits per heavy atom. The van der Waals surface area contributed by atoms with Crippen LogP contribution >= 0.6 is 11.8 Å². The maximum Gasteiger partial charge on any atom is 0.0647 e. The summed E-state index contributed by atoms with van der Waals surface area (Å²) in [6, 6.07) is 0. The summed E-state index contributed by atoms with van der Waals surface area (Å²) in [4.78, 5) is 1.13. The summed E-state index contributed by atoms with van der Waals surface area (Å²) in [6.07, 6.45) is 5.48. The van der Waals surface area contributed by atoms with E-state index in [4.69, 9.17) is 0 Å². The molecular weight excluding hydrogens is 108 g/mol. The highest BCUT2D eigenvalue weighted by Gasteiger charge is 1.93. The van der Waals surface area contributed by atoms with Crippen molar-refractivity contribution in [1.82, 2.24) is 5.43 Å². The van der Waals surface area contributed by atoms with Gasteiger partial charge in [-0.15, -0.1) is 11.8 Å². The van der Waals surface area contributed by atoms with Crippen molar-refractivity contribution in [3.05, 3.63) is 11.1 Å². The molecule has 0 fully saturated rings. The van der Waals surface area contributed by atoms with Crippen LogP contribution < -0.4 is 5.43 Å². The quantitative estimate of drug-likeness (QED) is 0.494. The minimum Gasteiger partial charge on any atom is -0.158 e. The smallest absolute Gasteiger partial charge is 0.0647 e. The molecule has 0 saturated heterocycles. The molecule has 0 unspecified atom stereocenters. The average Bonchev–Trinajstić information content (AvgIpc) is 2.14. The van der Waals surface area contributed by atoms with Crippen LogP contribution in [-0.4, -0.2) is 12.5 Å². The van der Waals surface area contributed by atoms with Crippen molar-refractivity contribution in [2.75, 3.05) is 6.26 Å². The molecule has 1 heterocycles. The molecule has 1 aliphatic rings. The second-order valence-corrected chi connectivity index (χ2v) is 1.98. The summed E-state index contributed by atoms with van der Waals surface area (Å²) in [6.45, 7) is 0. The first-order valence-corrected chi connectivity index (χ1v) is 3.13. The lowest BCUT2D eigenvalue weighted by atomic mass is 10.7. The molecule has 1 aliphatic heterocycles. The third kappa shape index (κ3) is 0.962. The maximum absolute atomic E-state index is 3.62. The molecule has 0 saturated carbocycles. The molecule has 0 spiro atoms. The van der Waals surface area contributed by atoms with Crippen LogP contribution in [0.4, 0.5) is 0 Å². The fourth-order valence-corrected chi connectivity index (χ4v) is 0.624. The van der Waals surface area contributed by atoms with E-state index in [9.17, 15) is 0 Å². The normalized spacial score (nSPS) is 16.4. The van der Waals surface area contributed by atoms with Crippen molar-refractivity contribution in [2.24, 2.45) is 5.10 Å². The average molecular weight is 113 g/mol. The zero-order valence-electron chi connectivity index (χ0n) is 3.96. The van der Waals surface area contributed by atoms with Crippen LogP contribution in [0.5, 0.6) is 0 Å². The summed E-state index contributed by atoms with van der Waals surface area (Å²) in [5.41, 5.74) is 3.62. The molecule has 0 aliphatic carbocycles. The van der Waals surface area contributed by atoms with E-state index in [0.717, 1.165) is 4.91 Å². The molecule has 3 heteroatoms. The number of nitrogens with zero attached hydrogens (tertiary/aromatic N) is 2. The van der Waals surface area contributed by atoms with Gasteiger partial charge in [0.15, 0.2) is 0 Å². The van der Waals surface area contributed by atoms with Crippen LogP contribution in [0.1, 0.15) is 0 Å². The molecule has 0 N–H and O–H groups in total. The highest BCUT2D eigenvalue weighted by molar-refractivity contribution is 8.03. The van der Waals surface area contributed by atoms with E-state index in [1.54, 1.807) is 24.2 Å². The monoisotopic (exact) mass is 113 g/mol. The summed E-state index contributed by atoms with van der Waals surface area (Å²) in [5, 5.41) is 3.62. The Morgan fingerprint density at radius 1 is 1.71 bits per heavy atom. The van der Waals surface area contributed by atoms with Crippen LogP contribution in [0.2, 0.25) is 0 Å². The summed E-state index contributed by atoms with van der Waals surface area (Å²) in [7, 11) is 0. The Labute approximate surface area is 46.7 Å². The fraction of sp³-hybridized carbons (Fsp3) is 0.250. The standard InChI is InChI=1S/C4H5N2S/c1-7-4-2-5-6-3-4/h2-3H,1H3.